The van der Waals surface area contributed by atoms with E-state index in [1.54, 1.807) is 0 Å². The van der Waals surface area contributed by atoms with Gasteiger partial charge in [-0.05, 0) is 19.1 Å². The van der Waals surface area contributed by atoms with Crippen molar-refractivity contribution in [2.24, 2.45) is 5.92 Å². The normalized spacial score (nSPS) is 18.2. The molecular weight excluding hydrogens is 267 g/mol. The van der Waals surface area contributed by atoms with Gasteiger partial charge in [-0.3, -0.25) is 4.79 Å². The maximum atomic E-state index is 12.5. The highest BCUT2D eigenvalue weighted by Crippen LogP contribution is 2.29. The molecule has 0 unspecified atom stereocenters. The molecule has 2 rings (SSSR count). The van der Waals surface area contributed by atoms with Crippen molar-refractivity contribution in [2.45, 2.75) is 25.9 Å². The number of likely N-dealkylation sites (tertiary alicyclic amines) is 1. The number of carbonyl (C=O) groups is 1. The molecule has 0 radical (unpaired) electrons. The third kappa shape index (κ3) is 3.60. The maximum Gasteiger partial charge on any atom is 0.416 e. The molecule has 1 N–H and O–H groups in total. The lowest BCUT2D eigenvalue weighted by Crippen LogP contribution is -3.10. The van der Waals surface area contributed by atoms with E-state index in [1.807, 2.05) is 6.92 Å². The molecule has 1 aliphatic rings. The lowest BCUT2D eigenvalue weighted by molar-refractivity contribution is -0.889. The number of quaternary nitrogens is 1. The Labute approximate surface area is 116 Å². The maximum absolute atomic E-state index is 12.5. The van der Waals surface area contributed by atoms with Crippen LogP contribution in [0.25, 0.3) is 0 Å². The van der Waals surface area contributed by atoms with Crippen LogP contribution >= 0.6 is 0 Å². The zero-order chi connectivity index (χ0) is 14.8. The molecule has 0 spiro atoms. The van der Waals surface area contributed by atoms with Crippen LogP contribution in [0.1, 0.15) is 35.7 Å². The average Bonchev–Trinajstić information content (AvgIpc) is 2.90. The van der Waals surface area contributed by atoms with E-state index in [4.69, 9.17) is 0 Å². The van der Waals surface area contributed by atoms with Gasteiger partial charge >= 0.3 is 6.18 Å². The number of ketones is 1. The molecule has 0 aromatic heterocycles. The summed E-state index contributed by atoms with van der Waals surface area (Å²) in [6.07, 6.45) is -1.97. The molecule has 0 bridgehead atoms. The fourth-order valence-corrected chi connectivity index (χ4v) is 2.71. The number of halogens is 3. The van der Waals surface area contributed by atoms with E-state index in [-0.39, 0.29) is 11.7 Å². The van der Waals surface area contributed by atoms with Crippen LogP contribution < -0.4 is 4.90 Å². The van der Waals surface area contributed by atoms with Crippen LogP contribution in [0.5, 0.6) is 0 Å². The van der Waals surface area contributed by atoms with E-state index in [0.29, 0.717) is 5.56 Å². The van der Waals surface area contributed by atoms with Gasteiger partial charge in [0.15, 0.2) is 5.78 Å². The molecule has 1 atom stereocenters. The Kier molecular flexibility index (Phi) is 4.48. The van der Waals surface area contributed by atoms with Crippen LogP contribution in [0, 0.1) is 5.92 Å². The molecule has 0 amide bonds. The fraction of sp³-hybridized carbons (Fsp3) is 0.533. The minimum Gasteiger partial charge on any atom is -0.334 e. The molecule has 0 saturated carbocycles. The third-order valence-electron chi connectivity index (χ3n) is 3.85. The van der Waals surface area contributed by atoms with Gasteiger partial charge in [-0.2, -0.15) is 13.2 Å². The largest absolute Gasteiger partial charge is 0.416 e. The first-order valence-corrected chi connectivity index (χ1v) is 6.93. The number of rotatable bonds is 4. The monoisotopic (exact) mass is 286 g/mol. The predicted octanol–water partition coefficient (Wildman–Crippen LogP) is 2.20. The van der Waals surface area contributed by atoms with Gasteiger partial charge in [0, 0.05) is 18.4 Å². The second-order valence-electron chi connectivity index (χ2n) is 5.50. The lowest BCUT2D eigenvalue weighted by atomic mass is 9.98. The van der Waals surface area contributed by atoms with Crippen LogP contribution in [0.3, 0.4) is 0 Å². The summed E-state index contributed by atoms with van der Waals surface area (Å²) in [5.41, 5.74) is -0.351. The van der Waals surface area contributed by atoms with Gasteiger partial charge in [-0.25, -0.2) is 0 Å². The molecular formula is C15H19F3NO+. The van der Waals surface area contributed by atoms with E-state index in [1.165, 1.54) is 29.9 Å². The summed E-state index contributed by atoms with van der Waals surface area (Å²) >= 11 is 0. The molecule has 20 heavy (non-hydrogen) atoms. The van der Waals surface area contributed by atoms with Crippen molar-refractivity contribution in [2.75, 3.05) is 19.6 Å². The topological polar surface area (TPSA) is 21.5 Å². The molecule has 0 aliphatic carbocycles. The van der Waals surface area contributed by atoms with Crippen LogP contribution in [-0.4, -0.2) is 25.4 Å². The second kappa shape index (κ2) is 5.95. The van der Waals surface area contributed by atoms with Crippen LogP contribution in [0.4, 0.5) is 13.2 Å². The Morgan fingerprint density at radius 2 is 1.75 bits per heavy atom. The van der Waals surface area contributed by atoms with Gasteiger partial charge in [0.2, 0.25) is 0 Å². The minimum absolute atomic E-state index is 0.0712. The number of hydrogen-bond donors (Lipinski definition) is 1. The smallest absolute Gasteiger partial charge is 0.334 e. The summed E-state index contributed by atoms with van der Waals surface area (Å²) < 4.78 is 37.4. The predicted molar refractivity (Wildman–Crippen MR) is 69.7 cm³/mol. The van der Waals surface area contributed by atoms with Gasteiger partial charge < -0.3 is 4.90 Å². The minimum atomic E-state index is -4.35. The highest BCUT2D eigenvalue weighted by Gasteiger charge is 2.30. The lowest BCUT2D eigenvalue weighted by Gasteiger charge is -2.17. The summed E-state index contributed by atoms with van der Waals surface area (Å²) in [4.78, 5) is 13.6. The van der Waals surface area contributed by atoms with Gasteiger partial charge in [0.25, 0.3) is 0 Å². The number of hydrogen-bond acceptors (Lipinski definition) is 1. The van der Waals surface area contributed by atoms with Gasteiger partial charge in [-0.15, -0.1) is 0 Å². The summed E-state index contributed by atoms with van der Waals surface area (Å²) in [7, 11) is 0. The van der Waals surface area contributed by atoms with E-state index in [2.05, 4.69) is 0 Å². The van der Waals surface area contributed by atoms with Gasteiger partial charge in [0.05, 0.1) is 31.1 Å². The zero-order valence-corrected chi connectivity index (χ0v) is 11.5. The van der Waals surface area contributed by atoms with Crippen molar-refractivity contribution < 1.29 is 22.9 Å². The molecule has 110 valence electrons. The molecule has 2 nitrogen and oxygen atoms in total. The van der Waals surface area contributed by atoms with E-state index in [0.717, 1.165) is 31.8 Å². The van der Waals surface area contributed by atoms with Crippen LogP contribution in [-0.2, 0) is 6.18 Å². The molecule has 1 fully saturated rings. The number of Topliss-reactive ketones (excluding diaryl/α,β-unsaturated/α-hetero) is 1. The molecule has 1 aromatic rings. The number of nitrogens with one attached hydrogen (secondary N) is 1. The van der Waals surface area contributed by atoms with Crippen molar-refractivity contribution >= 4 is 5.78 Å². The highest BCUT2D eigenvalue weighted by atomic mass is 19.4. The Bertz CT molecular complexity index is 461. The number of benzene rings is 1. The Balaban J connectivity index is 2.01. The van der Waals surface area contributed by atoms with Gasteiger partial charge in [0.1, 0.15) is 0 Å². The Morgan fingerprint density at radius 1 is 1.20 bits per heavy atom. The van der Waals surface area contributed by atoms with E-state index in [9.17, 15) is 18.0 Å². The van der Waals surface area contributed by atoms with Crippen LogP contribution in [0.2, 0.25) is 0 Å². The summed E-state index contributed by atoms with van der Waals surface area (Å²) in [6, 6.07) is 4.51. The van der Waals surface area contributed by atoms with Crippen LogP contribution in [0.15, 0.2) is 24.3 Å². The Hall–Kier alpha value is -1.36. The van der Waals surface area contributed by atoms with E-state index < -0.39 is 11.7 Å². The van der Waals surface area contributed by atoms with E-state index >= 15 is 0 Å². The Morgan fingerprint density at radius 3 is 2.25 bits per heavy atom. The summed E-state index contributed by atoms with van der Waals surface area (Å²) in [5.74, 6) is -0.224. The first kappa shape index (κ1) is 15.0. The third-order valence-corrected chi connectivity index (χ3v) is 3.85. The molecule has 1 aromatic carbocycles. The van der Waals surface area contributed by atoms with Crippen molar-refractivity contribution in [3.05, 3.63) is 35.4 Å². The standard InChI is InChI=1S/C15H18F3NO/c1-11(10-19-8-2-3-9-19)14(20)12-4-6-13(7-5-12)15(16,17)18/h4-7,11H,2-3,8-10H2,1H3/p+1/t11-/m1/s1. The fourth-order valence-electron chi connectivity index (χ4n) is 2.71. The summed E-state index contributed by atoms with van der Waals surface area (Å²) in [5, 5.41) is 0. The molecule has 1 aliphatic heterocycles. The molecule has 1 saturated heterocycles. The molecule has 1 heterocycles. The number of carbonyl (C=O) groups excluding carboxylic acids is 1. The van der Waals surface area contributed by atoms with Crippen molar-refractivity contribution in [1.29, 1.82) is 0 Å². The SMILES string of the molecule is C[C@H](C[NH+]1CCCC1)C(=O)c1ccc(C(F)(F)F)cc1. The van der Waals surface area contributed by atoms with Crippen molar-refractivity contribution in [1.82, 2.24) is 0 Å². The van der Waals surface area contributed by atoms with Crippen molar-refractivity contribution in [3.63, 3.8) is 0 Å². The first-order chi connectivity index (χ1) is 9.38. The molecule has 5 heteroatoms. The summed E-state index contributed by atoms with van der Waals surface area (Å²) in [6.45, 7) is 4.79. The second-order valence-corrected chi connectivity index (χ2v) is 5.50. The quantitative estimate of drug-likeness (QED) is 0.842. The average molecular weight is 286 g/mol. The first-order valence-electron chi connectivity index (χ1n) is 6.93. The highest BCUT2D eigenvalue weighted by molar-refractivity contribution is 5.97. The van der Waals surface area contributed by atoms with Gasteiger partial charge in [-0.1, -0.05) is 12.1 Å². The number of alkyl halides is 3. The van der Waals surface area contributed by atoms with Crippen molar-refractivity contribution in [3.8, 4) is 0 Å². The zero-order valence-electron chi connectivity index (χ0n) is 11.5.